The molecule has 0 unspecified atom stereocenters. The lowest BCUT2D eigenvalue weighted by atomic mass is 10.3. The molecule has 0 aliphatic heterocycles. The Morgan fingerprint density at radius 3 is 3.00 bits per heavy atom. The zero-order chi connectivity index (χ0) is 10.4. The van der Waals surface area contributed by atoms with Gasteiger partial charge in [-0.15, -0.1) is 11.8 Å². The lowest BCUT2D eigenvalue weighted by molar-refractivity contribution is 0.885. The highest BCUT2D eigenvalue weighted by Crippen LogP contribution is 2.18. The van der Waals surface area contributed by atoms with E-state index in [0.717, 1.165) is 22.9 Å². The molecule has 0 aromatic carbocycles. The fraction of sp³-hybridized carbons (Fsp3) is 0.300. The second kappa shape index (κ2) is 6.06. The van der Waals surface area contributed by atoms with Crippen molar-refractivity contribution in [2.75, 3.05) is 19.3 Å². The number of hydrogen-bond donors (Lipinski definition) is 1. The van der Waals surface area contributed by atoms with E-state index in [0.29, 0.717) is 5.02 Å². The summed E-state index contributed by atoms with van der Waals surface area (Å²) < 4.78 is 0. The van der Waals surface area contributed by atoms with Crippen LogP contribution < -0.4 is 5.32 Å². The smallest absolute Gasteiger partial charge is 0.0964 e. The second-order valence-corrected chi connectivity index (χ2v) is 4.32. The number of nitrogens with zero attached hydrogens (tertiary/aromatic N) is 1. The summed E-state index contributed by atoms with van der Waals surface area (Å²) in [5.74, 6) is 0.884. The normalized spacial score (nSPS) is 10.1. The quantitative estimate of drug-likeness (QED) is 0.620. The molecule has 4 heteroatoms. The molecule has 1 aromatic heterocycles. The number of aromatic nitrogens is 1. The second-order valence-electron chi connectivity index (χ2n) is 2.88. The molecule has 1 heterocycles. The van der Waals surface area contributed by atoms with E-state index in [-0.39, 0.29) is 0 Å². The Labute approximate surface area is 93.8 Å². The Morgan fingerprint density at radius 2 is 2.43 bits per heavy atom. The van der Waals surface area contributed by atoms with Gasteiger partial charge in [0, 0.05) is 18.5 Å². The van der Waals surface area contributed by atoms with Crippen molar-refractivity contribution in [2.24, 2.45) is 0 Å². The SMILES string of the molecule is C=C(CNC)CSc1ccc(Cl)cn1. The van der Waals surface area contributed by atoms with Crippen molar-refractivity contribution < 1.29 is 0 Å². The minimum Gasteiger partial charge on any atom is -0.316 e. The molecule has 14 heavy (non-hydrogen) atoms. The summed E-state index contributed by atoms with van der Waals surface area (Å²) in [6, 6.07) is 3.76. The van der Waals surface area contributed by atoms with Crippen LogP contribution in [0.5, 0.6) is 0 Å². The number of halogens is 1. The van der Waals surface area contributed by atoms with Gasteiger partial charge in [-0.05, 0) is 19.2 Å². The zero-order valence-corrected chi connectivity index (χ0v) is 9.66. The number of likely N-dealkylation sites (N-methyl/N-ethyl adjacent to an activating group) is 1. The summed E-state index contributed by atoms with van der Waals surface area (Å²) in [5, 5.41) is 4.71. The van der Waals surface area contributed by atoms with Crippen LogP contribution in [0, 0.1) is 0 Å². The zero-order valence-electron chi connectivity index (χ0n) is 8.09. The van der Waals surface area contributed by atoms with Gasteiger partial charge in [0.25, 0.3) is 0 Å². The Morgan fingerprint density at radius 1 is 1.64 bits per heavy atom. The molecule has 0 amide bonds. The first-order chi connectivity index (χ1) is 6.72. The van der Waals surface area contributed by atoms with E-state index in [2.05, 4.69) is 16.9 Å². The Balaban J connectivity index is 2.38. The van der Waals surface area contributed by atoms with Crippen molar-refractivity contribution in [1.82, 2.24) is 10.3 Å². The third kappa shape index (κ3) is 4.13. The average molecular weight is 229 g/mol. The molecule has 0 spiro atoms. The molecule has 1 aromatic rings. The standard InChI is InChI=1S/C10H13ClN2S/c1-8(5-12-2)7-14-10-4-3-9(11)6-13-10/h3-4,6,12H,1,5,7H2,2H3. The van der Waals surface area contributed by atoms with Gasteiger partial charge in [-0.2, -0.15) is 0 Å². The summed E-state index contributed by atoms with van der Waals surface area (Å²) in [6.07, 6.45) is 1.66. The molecule has 0 saturated carbocycles. The van der Waals surface area contributed by atoms with Crippen LogP contribution in [0.15, 0.2) is 35.5 Å². The maximum absolute atomic E-state index is 5.72. The number of rotatable bonds is 5. The predicted molar refractivity (Wildman–Crippen MR) is 63.0 cm³/mol. The third-order valence-corrected chi connectivity index (χ3v) is 2.86. The number of nitrogens with one attached hydrogen (secondary N) is 1. The summed E-state index contributed by atoms with van der Waals surface area (Å²) in [6.45, 7) is 4.79. The molecule has 0 bridgehead atoms. The average Bonchev–Trinajstić information content (AvgIpc) is 2.17. The van der Waals surface area contributed by atoms with Gasteiger partial charge in [0.15, 0.2) is 0 Å². The highest BCUT2D eigenvalue weighted by atomic mass is 35.5. The Hall–Kier alpha value is -0.510. The first-order valence-corrected chi connectivity index (χ1v) is 5.64. The van der Waals surface area contributed by atoms with Crippen LogP contribution in [-0.4, -0.2) is 24.3 Å². The molecule has 0 radical (unpaired) electrons. The van der Waals surface area contributed by atoms with Crippen molar-refractivity contribution in [3.63, 3.8) is 0 Å². The van der Waals surface area contributed by atoms with E-state index in [1.807, 2.05) is 19.2 Å². The summed E-state index contributed by atoms with van der Waals surface area (Å²) in [7, 11) is 1.91. The molecule has 76 valence electrons. The first-order valence-electron chi connectivity index (χ1n) is 4.28. The minimum absolute atomic E-state index is 0.670. The van der Waals surface area contributed by atoms with Gasteiger partial charge in [0.2, 0.25) is 0 Å². The van der Waals surface area contributed by atoms with Gasteiger partial charge < -0.3 is 5.32 Å². The van der Waals surface area contributed by atoms with Crippen molar-refractivity contribution >= 4 is 23.4 Å². The molecule has 0 saturated heterocycles. The monoisotopic (exact) mass is 228 g/mol. The molecule has 1 rings (SSSR count). The maximum Gasteiger partial charge on any atom is 0.0964 e. The molecular weight excluding hydrogens is 216 g/mol. The topological polar surface area (TPSA) is 24.9 Å². The summed E-state index contributed by atoms with van der Waals surface area (Å²) >= 11 is 7.39. The molecule has 1 N–H and O–H groups in total. The fourth-order valence-electron chi connectivity index (χ4n) is 0.925. The largest absolute Gasteiger partial charge is 0.316 e. The first kappa shape index (κ1) is 11.6. The lowest BCUT2D eigenvalue weighted by Gasteiger charge is -2.03. The highest BCUT2D eigenvalue weighted by molar-refractivity contribution is 7.99. The maximum atomic E-state index is 5.72. The van der Waals surface area contributed by atoms with Gasteiger partial charge >= 0.3 is 0 Å². The van der Waals surface area contributed by atoms with Crippen LogP contribution in [0.25, 0.3) is 0 Å². The fourth-order valence-corrected chi connectivity index (χ4v) is 1.78. The van der Waals surface area contributed by atoms with E-state index in [1.54, 1.807) is 18.0 Å². The van der Waals surface area contributed by atoms with Crippen LogP contribution in [0.4, 0.5) is 0 Å². The molecule has 2 nitrogen and oxygen atoms in total. The predicted octanol–water partition coefficient (Wildman–Crippen LogP) is 2.60. The van der Waals surface area contributed by atoms with E-state index in [1.165, 1.54) is 0 Å². The summed E-state index contributed by atoms with van der Waals surface area (Å²) in [5.41, 5.74) is 1.16. The van der Waals surface area contributed by atoms with E-state index < -0.39 is 0 Å². The highest BCUT2D eigenvalue weighted by Gasteiger charge is 1.97. The van der Waals surface area contributed by atoms with E-state index in [9.17, 15) is 0 Å². The van der Waals surface area contributed by atoms with Crippen molar-refractivity contribution in [1.29, 1.82) is 0 Å². The van der Waals surface area contributed by atoms with Crippen molar-refractivity contribution in [3.8, 4) is 0 Å². The molecule has 0 aliphatic carbocycles. The summed E-state index contributed by atoms with van der Waals surface area (Å²) in [4.78, 5) is 4.18. The molecule has 0 atom stereocenters. The van der Waals surface area contributed by atoms with Crippen molar-refractivity contribution in [3.05, 3.63) is 35.5 Å². The Bertz CT molecular complexity index is 297. The van der Waals surface area contributed by atoms with Gasteiger partial charge in [0.05, 0.1) is 10.0 Å². The van der Waals surface area contributed by atoms with Crippen LogP contribution in [0.1, 0.15) is 0 Å². The number of hydrogen-bond acceptors (Lipinski definition) is 3. The van der Waals surface area contributed by atoms with Crippen LogP contribution in [0.3, 0.4) is 0 Å². The Kier molecular flexibility index (Phi) is 5.01. The van der Waals surface area contributed by atoms with E-state index >= 15 is 0 Å². The molecule has 0 aliphatic rings. The number of pyridine rings is 1. The lowest BCUT2D eigenvalue weighted by Crippen LogP contribution is -2.10. The van der Waals surface area contributed by atoms with Crippen LogP contribution in [0.2, 0.25) is 5.02 Å². The number of thioether (sulfide) groups is 1. The van der Waals surface area contributed by atoms with Gasteiger partial charge in [-0.1, -0.05) is 23.8 Å². The molecule has 0 fully saturated rings. The van der Waals surface area contributed by atoms with Crippen LogP contribution in [-0.2, 0) is 0 Å². The molecular formula is C10H13ClN2S. The van der Waals surface area contributed by atoms with E-state index in [4.69, 9.17) is 11.6 Å². The minimum atomic E-state index is 0.670. The van der Waals surface area contributed by atoms with Gasteiger partial charge in [0.1, 0.15) is 0 Å². The van der Waals surface area contributed by atoms with Crippen LogP contribution >= 0.6 is 23.4 Å². The van der Waals surface area contributed by atoms with Crippen molar-refractivity contribution in [2.45, 2.75) is 5.03 Å². The van der Waals surface area contributed by atoms with Gasteiger partial charge in [-0.3, -0.25) is 0 Å². The van der Waals surface area contributed by atoms with Gasteiger partial charge in [-0.25, -0.2) is 4.98 Å². The third-order valence-electron chi connectivity index (χ3n) is 1.55.